The van der Waals surface area contributed by atoms with Crippen LogP contribution in [0.1, 0.15) is 50.6 Å². The first kappa shape index (κ1) is 15.7. The van der Waals surface area contributed by atoms with Crippen LogP contribution in [0, 0.1) is 0 Å². The molecule has 1 fully saturated rings. The largest absolute Gasteiger partial charge is 0.378 e. The molecule has 0 amide bonds. The number of aromatic nitrogens is 1. The van der Waals surface area contributed by atoms with Crippen molar-refractivity contribution in [3.05, 3.63) is 10.6 Å². The number of nitrogens with one attached hydrogen (secondary N) is 1. The number of nitrogens with zero attached hydrogens (tertiary/aromatic N) is 2. The van der Waals surface area contributed by atoms with Crippen LogP contribution < -0.4 is 10.2 Å². The van der Waals surface area contributed by atoms with Gasteiger partial charge in [0.15, 0.2) is 5.13 Å². The lowest BCUT2D eigenvalue weighted by atomic mass is 10.0. The van der Waals surface area contributed by atoms with E-state index in [9.17, 15) is 0 Å². The number of hydrogen-bond acceptors (Lipinski definition) is 5. The van der Waals surface area contributed by atoms with E-state index < -0.39 is 0 Å². The monoisotopic (exact) mass is 297 g/mol. The normalized spacial score (nSPS) is 17.8. The topological polar surface area (TPSA) is 37.4 Å². The fourth-order valence-electron chi connectivity index (χ4n) is 2.24. The minimum atomic E-state index is 0.508. The van der Waals surface area contributed by atoms with Gasteiger partial charge >= 0.3 is 0 Å². The van der Waals surface area contributed by atoms with Gasteiger partial charge in [0, 0.05) is 30.6 Å². The van der Waals surface area contributed by atoms with Crippen molar-refractivity contribution in [3.63, 3.8) is 0 Å². The summed E-state index contributed by atoms with van der Waals surface area (Å²) in [7, 11) is 0. The molecule has 114 valence electrons. The lowest BCUT2D eigenvalue weighted by molar-refractivity contribution is 0.122. The van der Waals surface area contributed by atoms with Crippen molar-refractivity contribution in [3.8, 4) is 0 Å². The van der Waals surface area contributed by atoms with Crippen LogP contribution in [0.15, 0.2) is 0 Å². The van der Waals surface area contributed by atoms with Crippen LogP contribution in [0.25, 0.3) is 0 Å². The Bertz CT molecular complexity index is 413. The number of hydrogen-bond donors (Lipinski definition) is 1. The summed E-state index contributed by atoms with van der Waals surface area (Å²) in [5.74, 6) is 0.532. The zero-order chi connectivity index (χ0) is 14.5. The molecule has 1 N–H and O–H groups in total. The highest BCUT2D eigenvalue weighted by molar-refractivity contribution is 7.15. The summed E-state index contributed by atoms with van der Waals surface area (Å²) in [6.07, 6.45) is 1.14. The molecule has 0 aromatic carbocycles. The molecule has 0 radical (unpaired) electrons. The van der Waals surface area contributed by atoms with Gasteiger partial charge in [-0.3, -0.25) is 0 Å². The highest BCUT2D eigenvalue weighted by Gasteiger charge is 2.20. The van der Waals surface area contributed by atoms with Crippen LogP contribution in [0.5, 0.6) is 0 Å². The summed E-state index contributed by atoms with van der Waals surface area (Å²) in [5.41, 5.74) is 1.28. The third-order valence-corrected chi connectivity index (χ3v) is 4.88. The number of ether oxygens (including phenoxy) is 1. The number of anilines is 1. The van der Waals surface area contributed by atoms with E-state index in [0.717, 1.165) is 39.3 Å². The van der Waals surface area contributed by atoms with Crippen molar-refractivity contribution in [2.24, 2.45) is 0 Å². The summed E-state index contributed by atoms with van der Waals surface area (Å²) in [6.45, 7) is 13.4. The molecule has 1 aliphatic heterocycles. The van der Waals surface area contributed by atoms with Gasteiger partial charge in [0.05, 0.1) is 18.9 Å². The smallest absolute Gasteiger partial charge is 0.185 e. The fourth-order valence-corrected chi connectivity index (χ4v) is 3.43. The van der Waals surface area contributed by atoms with Crippen LogP contribution in [0.3, 0.4) is 0 Å². The predicted molar refractivity (Wildman–Crippen MR) is 85.8 cm³/mol. The average Bonchev–Trinajstić information content (AvgIpc) is 2.89. The van der Waals surface area contributed by atoms with Crippen LogP contribution in [0.2, 0.25) is 0 Å². The molecule has 0 aliphatic carbocycles. The van der Waals surface area contributed by atoms with Gasteiger partial charge in [-0.05, 0) is 12.3 Å². The van der Waals surface area contributed by atoms with E-state index in [1.165, 1.54) is 15.7 Å². The SMILES string of the molecule is CCC(C)c1nc(N2CCOCC2)sc1CNC(C)C. The van der Waals surface area contributed by atoms with E-state index in [0.29, 0.717) is 12.0 Å². The van der Waals surface area contributed by atoms with E-state index in [2.05, 4.69) is 37.9 Å². The third kappa shape index (κ3) is 3.93. The van der Waals surface area contributed by atoms with Crippen LogP contribution >= 0.6 is 11.3 Å². The highest BCUT2D eigenvalue weighted by atomic mass is 32.1. The molecule has 0 saturated carbocycles. The number of thiazole rings is 1. The van der Waals surface area contributed by atoms with Gasteiger partial charge < -0.3 is 15.0 Å². The Labute approximate surface area is 126 Å². The minimum absolute atomic E-state index is 0.508. The van der Waals surface area contributed by atoms with Crippen molar-refractivity contribution in [2.45, 2.75) is 52.6 Å². The molecular weight excluding hydrogens is 270 g/mol. The maximum atomic E-state index is 5.43. The number of morpholine rings is 1. The average molecular weight is 297 g/mol. The van der Waals surface area contributed by atoms with E-state index in [1.807, 2.05) is 11.3 Å². The molecule has 1 aromatic rings. The first-order valence-corrected chi connectivity index (χ1v) is 8.49. The quantitative estimate of drug-likeness (QED) is 0.876. The van der Waals surface area contributed by atoms with Gasteiger partial charge in [-0.25, -0.2) is 4.98 Å². The van der Waals surface area contributed by atoms with Crippen molar-refractivity contribution < 1.29 is 4.74 Å². The Balaban J connectivity index is 2.16. The second kappa shape index (κ2) is 7.38. The standard InChI is InChI=1S/C15H27N3OS/c1-5-12(4)14-13(10-16-11(2)3)20-15(17-14)18-6-8-19-9-7-18/h11-12,16H,5-10H2,1-4H3. The van der Waals surface area contributed by atoms with Gasteiger partial charge in [0.25, 0.3) is 0 Å². The maximum Gasteiger partial charge on any atom is 0.185 e. The Kier molecular flexibility index (Phi) is 5.81. The van der Waals surface area contributed by atoms with Gasteiger partial charge in [0.2, 0.25) is 0 Å². The molecule has 2 rings (SSSR count). The van der Waals surface area contributed by atoms with E-state index in [4.69, 9.17) is 9.72 Å². The molecule has 1 aromatic heterocycles. The van der Waals surface area contributed by atoms with Crippen LogP contribution in [-0.4, -0.2) is 37.3 Å². The van der Waals surface area contributed by atoms with E-state index >= 15 is 0 Å². The maximum absolute atomic E-state index is 5.43. The molecule has 1 unspecified atom stereocenters. The Hall–Kier alpha value is -0.650. The van der Waals surface area contributed by atoms with Crippen LogP contribution in [-0.2, 0) is 11.3 Å². The molecule has 2 heterocycles. The molecule has 0 spiro atoms. The summed E-state index contributed by atoms with van der Waals surface area (Å²) in [4.78, 5) is 8.69. The molecule has 1 saturated heterocycles. The predicted octanol–water partition coefficient (Wildman–Crippen LogP) is 2.99. The second-order valence-corrected chi connectivity index (χ2v) is 6.81. The van der Waals surface area contributed by atoms with Crippen molar-refractivity contribution in [1.29, 1.82) is 0 Å². The first-order chi connectivity index (χ1) is 9.61. The summed E-state index contributed by atoms with van der Waals surface area (Å²) in [6, 6.07) is 0.508. The Morgan fingerprint density at radius 3 is 2.60 bits per heavy atom. The van der Waals surface area contributed by atoms with Gasteiger partial charge in [-0.2, -0.15) is 0 Å². The molecule has 1 atom stereocenters. The lowest BCUT2D eigenvalue weighted by Gasteiger charge is -2.26. The zero-order valence-corrected chi connectivity index (χ0v) is 13.9. The van der Waals surface area contributed by atoms with Crippen molar-refractivity contribution in [2.75, 3.05) is 31.2 Å². The number of rotatable bonds is 6. The summed E-state index contributed by atoms with van der Waals surface area (Å²) >= 11 is 1.85. The Morgan fingerprint density at radius 1 is 1.30 bits per heavy atom. The second-order valence-electron chi connectivity index (χ2n) is 5.75. The van der Waals surface area contributed by atoms with Gasteiger partial charge in [-0.1, -0.05) is 27.7 Å². The lowest BCUT2D eigenvalue weighted by Crippen LogP contribution is -2.36. The summed E-state index contributed by atoms with van der Waals surface area (Å²) < 4.78 is 5.43. The minimum Gasteiger partial charge on any atom is -0.378 e. The summed E-state index contributed by atoms with van der Waals surface area (Å²) in [5, 5.41) is 4.70. The van der Waals surface area contributed by atoms with Crippen molar-refractivity contribution >= 4 is 16.5 Å². The molecule has 1 aliphatic rings. The van der Waals surface area contributed by atoms with E-state index in [-0.39, 0.29) is 0 Å². The zero-order valence-electron chi connectivity index (χ0n) is 13.1. The molecular formula is C15H27N3OS. The molecule has 5 heteroatoms. The van der Waals surface area contributed by atoms with Crippen molar-refractivity contribution in [1.82, 2.24) is 10.3 Å². The van der Waals surface area contributed by atoms with Gasteiger partial charge in [-0.15, -0.1) is 11.3 Å². The third-order valence-electron chi connectivity index (χ3n) is 3.75. The molecule has 4 nitrogen and oxygen atoms in total. The highest BCUT2D eigenvalue weighted by Crippen LogP contribution is 2.32. The van der Waals surface area contributed by atoms with Crippen LogP contribution in [0.4, 0.5) is 5.13 Å². The molecule has 0 bridgehead atoms. The van der Waals surface area contributed by atoms with E-state index in [1.54, 1.807) is 0 Å². The molecule has 20 heavy (non-hydrogen) atoms. The fraction of sp³-hybridized carbons (Fsp3) is 0.800. The van der Waals surface area contributed by atoms with Gasteiger partial charge in [0.1, 0.15) is 0 Å². The Morgan fingerprint density at radius 2 is 2.00 bits per heavy atom. The first-order valence-electron chi connectivity index (χ1n) is 7.67.